The third-order valence-corrected chi connectivity index (χ3v) is 1.13. The van der Waals surface area contributed by atoms with Gasteiger partial charge in [0.1, 0.15) is 0 Å². The van der Waals surface area contributed by atoms with E-state index >= 15 is 0 Å². The van der Waals surface area contributed by atoms with E-state index in [1.54, 1.807) is 0 Å². The molecular formula is C8H9BN. The summed E-state index contributed by atoms with van der Waals surface area (Å²) < 4.78 is 0. The summed E-state index contributed by atoms with van der Waals surface area (Å²) in [5.41, 5.74) is 6.32. The standard InChI is InChI=1S/C8H9BN/c10-8-6-4-2-1-3-5-7-9-8/h1-7H,10H2/b3-1-,4-2-,7-5-,8-6+. The van der Waals surface area contributed by atoms with Crippen molar-refractivity contribution in [1.82, 2.24) is 0 Å². The molecule has 1 nitrogen and oxygen atoms in total. The zero-order valence-electron chi connectivity index (χ0n) is 5.70. The summed E-state index contributed by atoms with van der Waals surface area (Å²) in [6.45, 7) is 0. The first-order valence-electron chi connectivity index (χ1n) is 3.20. The molecule has 2 N–H and O–H groups in total. The summed E-state index contributed by atoms with van der Waals surface area (Å²) in [7, 11) is 1.86. The third kappa shape index (κ3) is 2.40. The van der Waals surface area contributed by atoms with Crippen LogP contribution in [0.5, 0.6) is 0 Å². The molecule has 0 unspecified atom stereocenters. The highest BCUT2D eigenvalue weighted by Crippen LogP contribution is 1.89. The van der Waals surface area contributed by atoms with Gasteiger partial charge in [-0.1, -0.05) is 36.5 Å². The van der Waals surface area contributed by atoms with E-state index in [1.807, 2.05) is 49.7 Å². The van der Waals surface area contributed by atoms with Crippen LogP contribution in [0.25, 0.3) is 0 Å². The second kappa shape index (κ2) is 3.78. The molecule has 0 aromatic rings. The maximum absolute atomic E-state index is 5.55. The molecule has 0 fully saturated rings. The van der Waals surface area contributed by atoms with E-state index < -0.39 is 0 Å². The summed E-state index contributed by atoms with van der Waals surface area (Å²) in [5.74, 6) is 1.91. The Morgan fingerprint density at radius 3 is 2.60 bits per heavy atom. The molecule has 0 aromatic carbocycles. The highest BCUT2D eigenvalue weighted by Gasteiger charge is 1.85. The van der Waals surface area contributed by atoms with Gasteiger partial charge in [0, 0.05) is 0 Å². The summed E-state index contributed by atoms with van der Waals surface area (Å²) in [6, 6.07) is 0. The number of rotatable bonds is 0. The number of nitrogens with two attached hydrogens (primary N) is 1. The molecule has 0 amide bonds. The first kappa shape index (κ1) is 6.94. The second-order valence-corrected chi connectivity index (χ2v) is 1.99. The zero-order chi connectivity index (χ0) is 7.23. The Morgan fingerprint density at radius 1 is 1.00 bits per heavy atom. The van der Waals surface area contributed by atoms with Gasteiger partial charge in [0.2, 0.25) is 7.28 Å². The quantitative estimate of drug-likeness (QED) is 0.488. The van der Waals surface area contributed by atoms with Crippen LogP contribution in [0.15, 0.2) is 48.0 Å². The van der Waals surface area contributed by atoms with Crippen LogP contribution in [0, 0.1) is 0 Å². The number of hydrogen-bond donors (Lipinski definition) is 1. The Bertz CT molecular complexity index is 211. The Labute approximate surface area is 61.9 Å². The highest BCUT2D eigenvalue weighted by molar-refractivity contribution is 6.50. The van der Waals surface area contributed by atoms with Crippen molar-refractivity contribution in [1.29, 1.82) is 0 Å². The van der Waals surface area contributed by atoms with Gasteiger partial charge in [-0.25, -0.2) is 0 Å². The van der Waals surface area contributed by atoms with Crippen LogP contribution in [-0.4, -0.2) is 7.28 Å². The Morgan fingerprint density at radius 2 is 1.70 bits per heavy atom. The van der Waals surface area contributed by atoms with Crippen LogP contribution in [0.4, 0.5) is 0 Å². The number of allylic oxidation sites excluding steroid dienone is 6. The van der Waals surface area contributed by atoms with Gasteiger partial charge in [-0.2, -0.15) is 0 Å². The van der Waals surface area contributed by atoms with Gasteiger partial charge in [-0.05, 0) is 5.60 Å². The SMILES string of the molecule is N/C1=C/C=C\C=C/C=C\[B]1. The van der Waals surface area contributed by atoms with Crippen LogP contribution < -0.4 is 5.73 Å². The van der Waals surface area contributed by atoms with Crippen LogP contribution in [0.1, 0.15) is 0 Å². The minimum absolute atomic E-state index is 0.774. The normalized spacial score (nSPS) is 31.4. The summed E-state index contributed by atoms with van der Waals surface area (Å²) >= 11 is 0. The van der Waals surface area contributed by atoms with E-state index in [2.05, 4.69) is 0 Å². The molecule has 49 valence electrons. The molecule has 0 aliphatic carbocycles. The highest BCUT2D eigenvalue weighted by atomic mass is 14.5. The van der Waals surface area contributed by atoms with Crippen molar-refractivity contribution < 1.29 is 0 Å². The fraction of sp³-hybridized carbons (Fsp3) is 0. The van der Waals surface area contributed by atoms with Crippen LogP contribution in [0.2, 0.25) is 0 Å². The Balaban J connectivity index is 2.70. The first-order chi connectivity index (χ1) is 4.89. The van der Waals surface area contributed by atoms with E-state index in [9.17, 15) is 0 Å². The zero-order valence-corrected chi connectivity index (χ0v) is 5.70. The van der Waals surface area contributed by atoms with Crippen molar-refractivity contribution in [2.24, 2.45) is 5.73 Å². The van der Waals surface area contributed by atoms with E-state index in [1.165, 1.54) is 0 Å². The molecule has 0 aromatic heterocycles. The van der Waals surface area contributed by atoms with Crippen molar-refractivity contribution in [3.8, 4) is 0 Å². The van der Waals surface area contributed by atoms with Crippen molar-refractivity contribution >= 4 is 7.28 Å². The molecule has 10 heavy (non-hydrogen) atoms. The van der Waals surface area contributed by atoms with Crippen molar-refractivity contribution in [3.63, 3.8) is 0 Å². The molecule has 1 rings (SSSR count). The second-order valence-electron chi connectivity index (χ2n) is 1.99. The molecule has 0 bridgehead atoms. The minimum atomic E-state index is 0.774. The third-order valence-electron chi connectivity index (χ3n) is 1.13. The maximum atomic E-state index is 5.55. The molecule has 1 radical (unpaired) electrons. The topological polar surface area (TPSA) is 26.0 Å². The average molecular weight is 130 g/mol. The average Bonchev–Trinajstić information content (AvgIpc) is 2.02. The summed E-state index contributed by atoms with van der Waals surface area (Å²) in [4.78, 5) is 0. The molecular weight excluding hydrogens is 121 g/mol. The molecule has 1 aliphatic heterocycles. The van der Waals surface area contributed by atoms with Crippen LogP contribution in [0.3, 0.4) is 0 Å². The number of hydrogen-bond acceptors (Lipinski definition) is 1. The lowest BCUT2D eigenvalue weighted by Crippen LogP contribution is -2.03. The molecule has 2 heteroatoms. The predicted molar refractivity (Wildman–Crippen MR) is 45.4 cm³/mol. The minimum Gasteiger partial charge on any atom is -0.410 e. The van der Waals surface area contributed by atoms with E-state index in [0.29, 0.717) is 0 Å². The summed E-state index contributed by atoms with van der Waals surface area (Å²) in [6.07, 6.45) is 11.6. The van der Waals surface area contributed by atoms with Gasteiger partial charge in [-0.3, -0.25) is 0 Å². The fourth-order valence-corrected chi connectivity index (χ4v) is 0.645. The van der Waals surface area contributed by atoms with Gasteiger partial charge >= 0.3 is 0 Å². The van der Waals surface area contributed by atoms with Crippen LogP contribution in [-0.2, 0) is 0 Å². The van der Waals surface area contributed by atoms with Gasteiger partial charge < -0.3 is 5.73 Å². The maximum Gasteiger partial charge on any atom is 0.203 e. The monoisotopic (exact) mass is 130 g/mol. The van der Waals surface area contributed by atoms with Gasteiger partial charge in [0.25, 0.3) is 0 Å². The molecule has 1 heterocycles. The summed E-state index contributed by atoms with van der Waals surface area (Å²) in [5, 5.41) is 0. The first-order valence-corrected chi connectivity index (χ1v) is 3.20. The van der Waals surface area contributed by atoms with Gasteiger partial charge in [0.05, 0.1) is 0 Å². The van der Waals surface area contributed by atoms with E-state index in [-0.39, 0.29) is 0 Å². The van der Waals surface area contributed by atoms with E-state index in [4.69, 9.17) is 5.73 Å². The molecule has 0 atom stereocenters. The van der Waals surface area contributed by atoms with Gasteiger partial charge in [0.15, 0.2) is 0 Å². The molecule has 0 saturated heterocycles. The largest absolute Gasteiger partial charge is 0.410 e. The smallest absolute Gasteiger partial charge is 0.203 e. The van der Waals surface area contributed by atoms with Crippen molar-refractivity contribution in [2.45, 2.75) is 0 Å². The lowest BCUT2D eigenvalue weighted by molar-refractivity contribution is 1.52. The molecule has 0 spiro atoms. The molecule has 1 aliphatic rings. The Hall–Kier alpha value is -1.18. The van der Waals surface area contributed by atoms with Crippen LogP contribution >= 0.6 is 0 Å². The van der Waals surface area contributed by atoms with E-state index in [0.717, 1.165) is 5.60 Å². The van der Waals surface area contributed by atoms with Gasteiger partial charge in [-0.15, -0.1) is 5.98 Å². The van der Waals surface area contributed by atoms with Crippen molar-refractivity contribution in [3.05, 3.63) is 48.0 Å². The lowest BCUT2D eigenvalue weighted by atomic mass is 9.74. The molecule has 0 saturated carbocycles. The Kier molecular flexibility index (Phi) is 2.62. The predicted octanol–water partition coefficient (Wildman–Crippen LogP) is 1.13. The van der Waals surface area contributed by atoms with Crippen molar-refractivity contribution in [2.75, 3.05) is 0 Å². The fourth-order valence-electron chi connectivity index (χ4n) is 0.645. The lowest BCUT2D eigenvalue weighted by Gasteiger charge is -1.88.